The van der Waals surface area contributed by atoms with Crippen molar-refractivity contribution in [3.8, 4) is 22.5 Å². The lowest BCUT2D eigenvalue weighted by Gasteiger charge is -2.67. The first-order valence-electron chi connectivity index (χ1n) is 25.3. The number of fused-ring (bicyclic) bond motifs is 6. The number of ether oxygens (including phenoxy) is 3. The van der Waals surface area contributed by atoms with Crippen LogP contribution in [0.25, 0.3) is 33.4 Å². The third-order valence-corrected chi connectivity index (χ3v) is 18.1. The Bertz CT molecular complexity index is 2620. The zero-order chi connectivity index (χ0) is 46.8. The van der Waals surface area contributed by atoms with E-state index in [1.807, 2.05) is 12.3 Å². The van der Waals surface area contributed by atoms with Crippen molar-refractivity contribution in [2.24, 2.45) is 23.2 Å². The van der Waals surface area contributed by atoms with E-state index in [1.54, 1.807) is 23.5 Å². The van der Waals surface area contributed by atoms with Gasteiger partial charge in [0.2, 0.25) is 5.91 Å². The SMILES string of the molecule is CO[C@@H](C)c1ncccc1-c1c2c3cc(ccc3n1C1CN(C3CC3)C1)-c1csc(n1)[C@@H](N1CC3(CCN3C3COC3)C1)[C@H](NC(=O)C1[C@@H](C)[C@H]1C)C(=O)N1CCC[C@H](N1)C(=O)OCC(C)(C)C2. The smallest absolute Gasteiger partial charge is 0.324 e. The van der Waals surface area contributed by atoms with E-state index in [2.05, 4.69) is 94.3 Å². The third kappa shape index (κ3) is 7.63. The van der Waals surface area contributed by atoms with Crippen LogP contribution >= 0.6 is 11.3 Å². The summed E-state index contributed by atoms with van der Waals surface area (Å²) in [4.78, 5) is 61.8. The molecule has 15 nitrogen and oxygen atoms in total. The maximum absolute atomic E-state index is 15.3. The van der Waals surface area contributed by atoms with Crippen molar-refractivity contribution in [3.63, 3.8) is 0 Å². The van der Waals surface area contributed by atoms with Gasteiger partial charge in [0.1, 0.15) is 17.1 Å². The Labute approximate surface area is 403 Å². The van der Waals surface area contributed by atoms with Crippen LogP contribution in [0, 0.1) is 23.2 Å². The molecule has 8 aliphatic rings. The van der Waals surface area contributed by atoms with Crippen LogP contribution in [-0.2, 0) is 35.0 Å². The number of hydrazine groups is 1. The molecule has 6 bridgehead atoms. The number of likely N-dealkylation sites (tertiary alicyclic amines) is 3. The second-order valence-electron chi connectivity index (χ2n) is 22.4. The molecule has 1 unspecified atom stereocenters. The van der Waals surface area contributed by atoms with Crippen molar-refractivity contribution in [3.05, 3.63) is 58.2 Å². The van der Waals surface area contributed by atoms with Crippen LogP contribution in [0.3, 0.4) is 0 Å². The highest BCUT2D eigenvalue weighted by molar-refractivity contribution is 7.10. The van der Waals surface area contributed by atoms with E-state index in [1.165, 1.54) is 18.4 Å². The largest absolute Gasteiger partial charge is 0.464 e. The standard InChI is InChI=1S/C52H67N9O6S/c1-29-30(2)42(29)47(62)55-44-46(58-26-52(27-58)15-18-59(52)35-23-66-24-35)48-54-40(25-68-48)32-11-14-41-37(19-32)38(20-51(4,5)28-67-50(64)39-10-8-17-60(56-39)49(44)63)45(36-9-7-16-53-43(36)31(3)65-6)61(41)34-21-57(22-34)33-12-13-33/h7,9,11,14,16,19,25,29-31,33-35,39,42,44,46,56H,8,10,12-13,15,17-18,20-24,26-28H2,1-6H3,(H,55,62)/t29-,30+,31-,39-,42?,44-,46-/m0/s1. The van der Waals surface area contributed by atoms with Crippen LogP contribution in [0.4, 0.5) is 0 Å². The number of carbonyl (C=O) groups excluding carboxylic acids is 3. The number of methoxy groups -OCH3 is 1. The summed E-state index contributed by atoms with van der Waals surface area (Å²) >= 11 is 1.56. The zero-order valence-corrected chi connectivity index (χ0v) is 41.2. The fraction of sp³-hybridized carbons (Fsp3) is 0.635. The van der Waals surface area contributed by atoms with E-state index in [0.717, 1.165) is 96.5 Å². The molecule has 9 heterocycles. The second-order valence-corrected chi connectivity index (χ2v) is 23.2. The lowest BCUT2D eigenvalue weighted by atomic mass is 9.74. The van der Waals surface area contributed by atoms with E-state index in [4.69, 9.17) is 24.2 Å². The molecule has 7 fully saturated rings. The lowest BCUT2D eigenvalue weighted by Crippen LogP contribution is -2.81. The van der Waals surface area contributed by atoms with Gasteiger partial charge in [-0.3, -0.25) is 39.1 Å². The molecule has 4 aromatic rings. The van der Waals surface area contributed by atoms with Gasteiger partial charge in [-0.05, 0) is 87.1 Å². The predicted molar refractivity (Wildman–Crippen MR) is 258 cm³/mol. The average Bonchev–Trinajstić information content (AvgIpc) is 4.13. The van der Waals surface area contributed by atoms with Crippen LogP contribution in [0.1, 0.15) is 101 Å². The molecule has 16 heteroatoms. The normalized spacial score (nSPS) is 30.5. The molecular formula is C52H67N9O6S. The number of aromatic nitrogens is 3. The summed E-state index contributed by atoms with van der Waals surface area (Å²) < 4.78 is 20.5. The molecule has 3 aromatic heterocycles. The highest BCUT2D eigenvalue weighted by Crippen LogP contribution is 2.50. The van der Waals surface area contributed by atoms with E-state index >= 15 is 4.79 Å². The number of hydrogen-bond donors (Lipinski definition) is 2. The number of rotatable bonds is 9. The number of amides is 2. The molecule has 0 radical (unpaired) electrons. The molecule has 362 valence electrons. The summed E-state index contributed by atoms with van der Waals surface area (Å²) in [7, 11) is 1.74. The van der Waals surface area contributed by atoms with Crippen LogP contribution in [0.15, 0.2) is 41.9 Å². The Kier molecular flexibility index (Phi) is 11.2. The summed E-state index contributed by atoms with van der Waals surface area (Å²) in [6.45, 7) is 17.3. The molecular weight excluding hydrogens is 879 g/mol. The first-order valence-corrected chi connectivity index (χ1v) is 26.2. The maximum atomic E-state index is 15.3. The maximum Gasteiger partial charge on any atom is 0.324 e. The van der Waals surface area contributed by atoms with Crippen LogP contribution in [-0.4, -0.2) is 148 Å². The van der Waals surface area contributed by atoms with Gasteiger partial charge in [0.15, 0.2) is 0 Å². The Morgan fingerprint density at radius 1 is 1.01 bits per heavy atom. The van der Waals surface area contributed by atoms with Gasteiger partial charge < -0.3 is 24.1 Å². The number of thiazole rings is 1. The highest BCUT2D eigenvalue weighted by Gasteiger charge is 2.60. The molecule has 2 amide bonds. The van der Waals surface area contributed by atoms with Crippen molar-refractivity contribution in [1.82, 2.24) is 45.0 Å². The van der Waals surface area contributed by atoms with Crippen molar-refractivity contribution >= 4 is 40.0 Å². The Hall–Kier alpha value is -4.29. The molecule has 1 aromatic carbocycles. The fourth-order valence-electron chi connectivity index (χ4n) is 12.5. The van der Waals surface area contributed by atoms with Crippen molar-refractivity contribution < 1.29 is 28.6 Å². The monoisotopic (exact) mass is 945 g/mol. The Balaban J connectivity index is 1.00. The molecule has 2 N–H and O–H groups in total. The molecule has 2 aliphatic carbocycles. The minimum Gasteiger partial charge on any atom is -0.464 e. The minimum atomic E-state index is -0.939. The van der Waals surface area contributed by atoms with Crippen molar-refractivity contribution in [1.29, 1.82) is 0 Å². The number of nitrogens with zero attached hydrogens (tertiary/aromatic N) is 7. The molecule has 6 aliphatic heterocycles. The van der Waals surface area contributed by atoms with E-state index in [-0.39, 0.29) is 59.8 Å². The number of esters is 1. The number of nitrogens with one attached hydrogen (secondary N) is 2. The molecule has 5 saturated heterocycles. The fourth-order valence-corrected chi connectivity index (χ4v) is 13.5. The zero-order valence-electron chi connectivity index (χ0n) is 40.4. The van der Waals surface area contributed by atoms with Crippen LogP contribution in [0.5, 0.6) is 0 Å². The number of carbonyl (C=O) groups is 3. The quantitative estimate of drug-likeness (QED) is 0.197. The summed E-state index contributed by atoms with van der Waals surface area (Å²) in [5.41, 5.74) is 10.1. The average molecular weight is 946 g/mol. The summed E-state index contributed by atoms with van der Waals surface area (Å²) in [5, 5.41) is 8.98. The van der Waals surface area contributed by atoms with Gasteiger partial charge in [-0.1, -0.05) is 33.8 Å². The number of benzene rings is 1. The topological polar surface area (TPSA) is 147 Å². The van der Waals surface area contributed by atoms with Crippen LogP contribution < -0.4 is 10.7 Å². The van der Waals surface area contributed by atoms with Gasteiger partial charge in [0, 0.05) is 103 Å². The second kappa shape index (κ2) is 16.9. The molecule has 1 spiro atoms. The summed E-state index contributed by atoms with van der Waals surface area (Å²) in [5.74, 6) is -0.435. The van der Waals surface area contributed by atoms with E-state index in [9.17, 15) is 9.59 Å². The van der Waals surface area contributed by atoms with Crippen molar-refractivity contribution in [2.75, 3.05) is 66.2 Å². The van der Waals surface area contributed by atoms with Crippen molar-refractivity contribution in [2.45, 2.75) is 121 Å². The van der Waals surface area contributed by atoms with Crippen LogP contribution in [0.2, 0.25) is 0 Å². The molecule has 68 heavy (non-hydrogen) atoms. The number of pyridine rings is 1. The lowest BCUT2D eigenvalue weighted by molar-refractivity contribution is -0.204. The first-order chi connectivity index (χ1) is 32.8. The van der Waals surface area contributed by atoms with Gasteiger partial charge >= 0.3 is 5.97 Å². The van der Waals surface area contributed by atoms with Gasteiger partial charge in [-0.15, -0.1) is 11.3 Å². The molecule has 2 saturated carbocycles. The Morgan fingerprint density at radius 2 is 1.81 bits per heavy atom. The third-order valence-electron chi connectivity index (χ3n) is 17.2. The van der Waals surface area contributed by atoms with Gasteiger partial charge in [-0.25, -0.2) is 10.4 Å². The van der Waals surface area contributed by atoms with Gasteiger partial charge in [-0.2, -0.15) is 0 Å². The minimum absolute atomic E-state index is 0.0152. The van der Waals surface area contributed by atoms with Gasteiger partial charge in [0.05, 0.1) is 61.1 Å². The van der Waals surface area contributed by atoms with E-state index < -0.39 is 23.5 Å². The number of hydrogen-bond acceptors (Lipinski definition) is 13. The molecule has 12 rings (SSSR count). The van der Waals surface area contributed by atoms with E-state index in [0.29, 0.717) is 37.9 Å². The Morgan fingerprint density at radius 3 is 2.50 bits per heavy atom. The van der Waals surface area contributed by atoms with Gasteiger partial charge in [0.25, 0.3) is 5.91 Å². The predicted octanol–water partition coefficient (Wildman–Crippen LogP) is 5.76. The summed E-state index contributed by atoms with van der Waals surface area (Å²) in [6, 6.07) is 10.2. The highest BCUT2D eigenvalue weighted by atomic mass is 32.1. The number of cyclic esters (lactones) is 1. The summed E-state index contributed by atoms with van der Waals surface area (Å²) in [6.07, 6.45) is 7.02. The molecule has 7 atom stereocenters. The first kappa shape index (κ1) is 44.9.